The Morgan fingerprint density at radius 3 is 2.44 bits per heavy atom. The topological polar surface area (TPSA) is 80.4 Å². The molecule has 0 amide bonds. The number of nitro benzene ring substituents is 1. The van der Waals surface area contributed by atoms with Crippen LogP contribution in [0, 0.1) is 17.0 Å². The molecule has 0 unspecified atom stereocenters. The number of aliphatic carboxylic acids is 1. The maximum atomic E-state index is 11.1. The van der Waals surface area contributed by atoms with Crippen LogP contribution in [0.15, 0.2) is 18.2 Å². The highest BCUT2D eigenvalue weighted by Crippen LogP contribution is 2.29. The number of carboxylic acid groups (broad SMARTS) is 1. The number of nitro groups is 1. The number of benzene rings is 1. The lowest BCUT2D eigenvalue weighted by Crippen LogP contribution is -2.29. The Morgan fingerprint density at radius 1 is 1.44 bits per heavy atom. The van der Waals surface area contributed by atoms with Gasteiger partial charge in [-0.2, -0.15) is 0 Å². The van der Waals surface area contributed by atoms with Crippen LogP contribution in [0.5, 0.6) is 0 Å². The summed E-state index contributed by atoms with van der Waals surface area (Å²) in [5.74, 6) is -1.00. The molecular weight excluding hydrogens is 210 g/mol. The Morgan fingerprint density at radius 2 is 2.00 bits per heavy atom. The lowest BCUT2D eigenvalue weighted by molar-refractivity contribution is -0.385. The van der Waals surface area contributed by atoms with Crippen LogP contribution in [0.3, 0.4) is 0 Å². The molecule has 0 fully saturated rings. The molecule has 0 aliphatic rings. The van der Waals surface area contributed by atoms with E-state index in [9.17, 15) is 14.9 Å². The van der Waals surface area contributed by atoms with Gasteiger partial charge in [0.15, 0.2) is 0 Å². The van der Waals surface area contributed by atoms with Crippen molar-refractivity contribution in [3.8, 4) is 0 Å². The SMILES string of the molecule is Cc1ccc([N+](=O)[O-])cc1C(C)(C)C(=O)O. The number of aryl methyl sites for hydroxylation is 1. The summed E-state index contributed by atoms with van der Waals surface area (Å²) in [5, 5.41) is 19.7. The second kappa shape index (κ2) is 3.92. The van der Waals surface area contributed by atoms with Crippen molar-refractivity contribution in [2.45, 2.75) is 26.2 Å². The molecule has 1 N–H and O–H groups in total. The Labute approximate surface area is 92.9 Å². The number of hydrogen-bond donors (Lipinski definition) is 1. The summed E-state index contributed by atoms with van der Waals surface area (Å²) in [6, 6.07) is 4.26. The van der Waals surface area contributed by atoms with Crippen molar-refractivity contribution >= 4 is 11.7 Å². The largest absolute Gasteiger partial charge is 0.481 e. The van der Waals surface area contributed by atoms with Gasteiger partial charge in [0.2, 0.25) is 0 Å². The first-order valence-corrected chi connectivity index (χ1v) is 4.75. The smallest absolute Gasteiger partial charge is 0.313 e. The molecule has 0 saturated heterocycles. The molecule has 0 saturated carbocycles. The van der Waals surface area contributed by atoms with Gasteiger partial charge in [-0.05, 0) is 31.9 Å². The van der Waals surface area contributed by atoms with Gasteiger partial charge in [0.05, 0.1) is 10.3 Å². The minimum absolute atomic E-state index is 0.0880. The monoisotopic (exact) mass is 223 g/mol. The molecule has 1 rings (SSSR count). The van der Waals surface area contributed by atoms with E-state index >= 15 is 0 Å². The van der Waals surface area contributed by atoms with E-state index in [0.29, 0.717) is 5.56 Å². The minimum Gasteiger partial charge on any atom is -0.481 e. The fourth-order valence-corrected chi connectivity index (χ4v) is 1.51. The molecule has 0 radical (unpaired) electrons. The van der Waals surface area contributed by atoms with E-state index in [1.165, 1.54) is 26.0 Å². The van der Waals surface area contributed by atoms with E-state index < -0.39 is 16.3 Å². The second-order valence-electron chi connectivity index (χ2n) is 4.19. The standard InChI is InChI=1S/C11H13NO4/c1-7-4-5-8(12(15)16)6-9(7)11(2,3)10(13)14/h4-6H,1-3H3,(H,13,14). The van der Waals surface area contributed by atoms with Crippen molar-refractivity contribution in [3.05, 3.63) is 39.4 Å². The molecule has 0 aliphatic carbocycles. The molecule has 16 heavy (non-hydrogen) atoms. The lowest BCUT2D eigenvalue weighted by Gasteiger charge is -2.21. The van der Waals surface area contributed by atoms with Crippen LogP contribution < -0.4 is 0 Å². The van der Waals surface area contributed by atoms with Crippen LogP contribution in [-0.4, -0.2) is 16.0 Å². The van der Waals surface area contributed by atoms with Gasteiger partial charge in [0.25, 0.3) is 5.69 Å². The number of carbonyl (C=O) groups is 1. The van der Waals surface area contributed by atoms with Crippen molar-refractivity contribution in [1.29, 1.82) is 0 Å². The van der Waals surface area contributed by atoms with Crippen LogP contribution in [-0.2, 0) is 10.2 Å². The van der Waals surface area contributed by atoms with Gasteiger partial charge in [0, 0.05) is 12.1 Å². The summed E-state index contributed by atoms with van der Waals surface area (Å²) in [5.41, 5.74) is -0.0158. The van der Waals surface area contributed by atoms with Crippen molar-refractivity contribution in [2.24, 2.45) is 0 Å². The van der Waals surface area contributed by atoms with Crippen LogP contribution in [0.2, 0.25) is 0 Å². The maximum Gasteiger partial charge on any atom is 0.313 e. The third kappa shape index (κ3) is 2.03. The zero-order valence-corrected chi connectivity index (χ0v) is 9.35. The normalized spacial score (nSPS) is 11.2. The molecule has 0 aromatic heterocycles. The fourth-order valence-electron chi connectivity index (χ4n) is 1.51. The first kappa shape index (κ1) is 12.2. The maximum absolute atomic E-state index is 11.1. The Bertz CT molecular complexity index is 451. The molecule has 1 aromatic carbocycles. The molecule has 5 heteroatoms. The number of carboxylic acids is 1. The molecular formula is C11H13NO4. The second-order valence-corrected chi connectivity index (χ2v) is 4.19. The molecule has 0 bridgehead atoms. The van der Waals surface area contributed by atoms with Gasteiger partial charge >= 0.3 is 5.97 Å². The van der Waals surface area contributed by atoms with E-state index in [1.54, 1.807) is 13.0 Å². The van der Waals surface area contributed by atoms with Crippen LogP contribution >= 0.6 is 0 Å². The van der Waals surface area contributed by atoms with Crippen LogP contribution in [0.1, 0.15) is 25.0 Å². The third-order valence-electron chi connectivity index (χ3n) is 2.64. The van der Waals surface area contributed by atoms with E-state index in [2.05, 4.69) is 0 Å². The summed E-state index contributed by atoms with van der Waals surface area (Å²) in [6.07, 6.45) is 0. The molecule has 0 atom stereocenters. The van der Waals surface area contributed by atoms with Gasteiger partial charge in [-0.15, -0.1) is 0 Å². The van der Waals surface area contributed by atoms with Crippen molar-refractivity contribution in [1.82, 2.24) is 0 Å². The Balaban J connectivity index is 3.38. The molecule has 0 aliphatic heterocycles. The summed E-state index contributed by atoms with van der Waals surface area (Å²) in [4.78, 5) is 21.2. The van der Waals surface area contributed by atoms with Gasteiger partial charge in [0.1, 0.15) is 0 Å². The van der Waals surface area contributed by atoms with Crippen molar-refractivity contribution in [3.63, 3.8) is 0 Å². The number of rotatable bonds is 3. The average molecular weight is 223 g/mol. The van der Waals surface area contributed by atoms with Gasteiger partial charge in [-0.3, -0.25) is 14.9 Å². The number of hydrogen-bond acceptors (Lipinski definition) is 3. The van der Waals surface area contributed by atoms with E-state index in [4.69, 9.17) is 5.11 Å². The van der Waals surface area contributed by atoms with E-state index in [0.717, 1.165) is 5.56 Å². The number of non-ortho nitro benzene ring substituents is 1. The summed E-state index contributed by atoms with van der Waals surface area (Å²) in [6.45, 7) is 4.80. The van der Waals surface area contributed by atoms with Crippen LogP contribution in [0.4, 0.5) is 5.69 Å². The zero-order valence-electron chi connectivity index (χ0n) is 9.35. The van der Waals surface area contributed by atoms with E-state index in [1.807, 2.05) is 0 Å². The molecule has 5 nitrogen and oxygen atoms in total. The molecule has 1 aromatic rings. The zero-order chi connectivity index (χ0) is 12.5. The van der Waals surface area contributed by atoms with Gasteiger partial charge < -0.3 is 5.11 Å². The molecule has 0 heterocycles. The minimum atomic E-state index is -1.13. The fraction of sp³-hybridized carbons (Fsp3) is 0.364. The highest BCUT2D eigenvalue weighted by atomic mass is 16.6. The van der Waals surface area contributed by atoms with Crippen molar-refractivity contribution in [2.75, 3.05) is 0 Å². The predicted octanol–water partition coefficient (Wildman–Crippen LogP) is 2.27. The third-order valence-corrected chi connectivity index (χ3v) is 2.64. The number of nitrogens with zero attached hydrogens (tertiary/aromatic N) is 1. The van der Waals surface area contributed by atoms with Crippen LogP contribution in [0.25, 0.3) is 0 Å². The van der Waals surface area contributed by atoms with E-state index in [-0.39, 0.29) is 5.69 Å². The summed E-state index contributed by atoms with van der Waals surface area (Å²) >= 11 is 0. The molecule has 86 valence electrons. The Kier molecular flexibility index (Phi) is 2.98. The van der Waals surface area contributed by atoms with Gasteiger partial charge in [-0.1, -0.05) is 6.07 Å². The predicted molar refractivity (Wildman–Crippen MR) is 58.5 cm³/mol. The summed E-state index contributed by atoms with van der Waals surface area (Å²) < 4.78 is 0. The first-order chi connectivity index (χ1) is 7.26. The highest BCUT2D eigenvalue weighted by molar-refractivity contribution is 5.81. The average Bonchev–Trinajstić information content (AvgIpc) is 2.17. The highest BCUT2D eigenvalue weighted by Gasteiger charge is 2.32. The quantitative estimate of drug-likeness (QED) is 0.629. The van der Waals surface area contributed by atoms with Gasteiger partial charge in [-0.25, -0.2) is 0 Å². The first-order valence-electron chi connectivity index (χ1n) is 4.75. The molecule has 0 spiro atoms. The van der Waals surface area contributed by atoms with Crippen molar-refractivity contribution < 1.29 is 14.8 Å². The Hall–Kier alpha value is -1.91. The summed E-state index contributed by atoms with van der Waals surface area (Å²) in [7, 11) is 0. The lowest BCUT2D eigenvalue weighted by atomic mass is 9.82.